The van der Waals surface area contributed by atoms with Crippen LogP contribution in [-0.4, -0.2) is 19.0 Å². The molecule has 0 fully saturated rings. The third-order valence-electron chi connectivity index (χ3n) is 2.18. The van der Waals surface area contributed by atoms with Crippen molar-refractivity contribution >= 4 is 11.6 Å². The molecule has 4 heteroatoms. The van der Waals surface area contributed by atoms with Gasteiger partial charge in [-0.3, -0.25) is 4.79 Å². The molecule has 4 nitrogen and oxygen atoms in total. The first-order valence-electron chi connectivity index (χ1n) is 5.18. The first-order chi connectivity index (χ1) is 7.67. The van der Waals surface area contributed by atoms with Crippen LogP contribution in [0.1, 0.15) is 18.1 Å². The van der Waals surface area contributed by atoms with E-state index < -0.39 is 0 Å². The zero-order valence-electron chi connectivity index (χ0n) is 9.50. The van der Waals surface area contributed by atoms with Crippen molar-refractivity contribution in [2.75, 3.05) is 18.4 Å². The van der Waals surface area contributed by atoms with Gasteiger partial charge in [0.1, 0.15) is 0 Å². The minimum absolute atomic E-state index is 0.0972. The Morgan fingerprint density at radius 2 is 2.25 bits per heavy atom. The SMILES string of the molecule is CCNCC(=O)Nc1cc(C#N)ccc1C. The van der Waals surface area contributed by atoms with Gasteiger partial charge in [0, 0.05) is 5.69 Å². The summed E-state index contributed by atoms with van der Waals surface area (Å²) in [6.07, 6.45) is 0. The van der Waals surface area contributed by atoms with Crippen LogP contribution in [-0.2, 0) is 4.79 Å². The molecule has 0 saturated carbocycles. The lowest BCUT2D eigenvalue weighted by molar-refractivity contribution is -0.115. The molecule has 1 aromatic carbocycles. The van der Waals surface area contributed by atoms with Gasteiger partial charge in [-0.2, -0.15) is 5.26 Å². The molecule has 0 aliphatic heterocycles. The molecule has 1 aromatic rings. The molecule has 0 heterocycles. The zero-order valence-corrected chi connectivity index (χ0v) is 9.50. The largest absolute Gasteiger partial charge is 0.325 e. The summed E-state index contributed by atoms with van der Waals surface area (Å²) in [6.45, 7) is 4.87. The van der Waals surface area contributed by atoms with Crippen LogP contribution in [0, 0.1) is 18.3 Å². The predicted octanol–water partition coefficient (Wildman–Crippen LogP) is 1.41. The Bertz CT molecular complexity index is 421. The second-order valence-corrected chi connectivity index (χ2v) is 3.47. The maximum Gasteiger partial charge on any atom is 0.238 e. The maximum atomic E-state index is 11.5. The Morgan fingerprint density at radius 1 is 1.50 bits per heavy atom. The van der Waals surface area contributed by atoms with Crippen molar-refractivity contribution in [1.29, 1.82) is 5.26 Å². The zero-order chi connectivity index (χ0) is 12.0. The molecule has 1 amide bonds. The summed E-state index contributed by atoms with van der Waals surface area (Å²) in [5.74, 6) is -0.0972. The molecular formula is C12H15N3O. The average Bonchev–Trinajstić information content (AvgIpc) is 2.29. The van der Waals surface area contributed by atoms with Crippen LogP contribution in [0.5, 0.6) is 0 Å². The average molecular weight is 217 g/mol. The second kappa shape index (κ2) is 5.89. The lowest BCUT2D eigenvalue weighted by Gasteiger charge is -2.08. The highest BCUT2D eigenvalue weighted by atomic mass is 16.1. The molecule has 0 aliphatic rings. The van der Waals surface area contributed by atoms with E-state index in [1.165, 1.54) is 0 Å². The molecule has 0 atom stereocenters. The highest BCUT2D eigenvalue weighted by Crippen LogP contribution is 2.16. The molecule has 16 heavy (non-hydrogen) atoms. The summed E-state index contributed by atoms with van der Waals surface area (Å²) in [7, 11) is 0. The van der Waals surface area contributed by atoms with Gasteiger partial charge in [-0.05, 0) is 31.2 Å². The quantitative estimate of drug-likeness (QED) is 0.801. The Balaban J connectivity index is 2.73. The minimum Gasteiger partial charge on any atom is -0.325 e. The smallest absolute Gasteiger partial charge is 0.238 e. The van der Waals surface area contributed by atoms with Gasteiger partial charge in [0.15, 0.2) is 0 Å². The standard InChI is InChI=1S/C12H15N3O/c1-3-14-8-12(16)15-11-6-10(7-13)5-4-9(11)2/h4-6,14H,3,8H2,1-2H3,(H,15,16). The Kier molecular flexibility index (Phi) is 4.49. The molecule has 1 rings (SSSR count). The van der Waals surface area contributed by atoms with E-state index in [0.717, 1.165) is 12.1 Å². The summed E-state index contributed by atoms with van der Waals surface area (Å²) >= 11 is 0. The number of carbonyl (C=O) groups excluding carboxylic acids is 1. The van der Waals surface area contributed by atoms with Gasteiger partial charge in [-0.25, -0.2) is 0 Å². The molecule has 0 unspecified atom stereocenters. The van der Waals surface area contributed by atoms with E-state index in [1.54, 1.807) is 12.1 Å². The number of likely N-dealkylation sites (N-methyl/N-ethyl adjacent to an activating group) is 1. The minimum atomic E-state index is -0.0972. The molecule has 84 valence electrons. The highest BCUT2D eigenvalue weighted by molar-refractivity contribution is 5.93. The first kappa shape index (κ1) is 12.2. The van der Waals surface area contributed by atoms with Gasteiger partial charge in [0.2, 0.25) is 5.91 Å². The van der Waals surface area contributed by atoms with Crippen molar-refractivity contribution in [2.24, 2.45) is 0 Å². The third kappa shape index (κ3) is 3.37. The summed E-state index contributed by atoms with van der Waals surface area (Å²) in [5, 5.41) is 14.5. The van der Waals surface area contributed by atoms with E-state index in [1.807, 2.05) is 26.0 Å². The Hall–Kier alpha value is -1.86. The maximum absolute atomic E-state index is 11.5. The number of hydrogen-bond donors (Lipinski definition) is 2. The van der Waals surface area contributed by atoms with Crippen LogP contribution in [0.4, 0.5) is 5.69 Å². The van der Waals surface area contributed by atoms with Gasteiger partial charge < -0.3 is 10.6 Å². The molecular weight excluding hydrogens is 202 g/mol. The van der Waals surface area contributed by atoms with Crippen molar-refractivity contribution in [3.8, 4) is 6.07 Å². The molecule has 0 saturated heterocycles. The number of hydrogen-bond acceptors (Lipinski definition) is 3. The third-order valence-corrected chi connectivity index (χ3v) is 2.18. The molecule has 0 radical (unpaired) electrons. The number of nitriles is 1. The van der Waals surface area contributed by atoms with Gasteiger partial charge in [-0.15, -0.1) is 0 Å². The summed E-state index contributed by atoms with van der Waals surface area (Å²) in [4.78, 5) is 11.5. The summed E-state index contributed by atoms with van der Waals surface area (Å²) in [6, 6.07) is 7.28. The van der Waals surface area contributed by atoms with Gasteiger partial charge in [0.05, 0.1) is 18.2 Å². The fraction of sp³-hybridized carbons (Fsp3) is 0.333. The highest BCUT2D eigenvalue weighted by Gasteiger charge is 2.04. The number of nitrogens with zero attached hydrogens (tertiary/aromatic N) is 1. The van der Waals surface area contributed by atoms with Crippen LogP contribution >= 0.6 is 0 Å². The number of nitrogens with one attached hydrogen (secondary N) is 2. The number of benzene rings is 1. The fourth-order valence-electron chi connectivity index (χ4n) is 1.26. The monoisotopic (exact) mass is 217 g/mol. The van der Waals surface area contributed by atoms with Crippen molar-refractivity contribution in [3.63, 3.8) is 0 Å². The van der Waals surface area contributed by atoms with Gasteiger partial charge in [0.25, 0.3) is 0 Å². The topological polar surface area (TPSA) is 64.9 Å². The van der Waals surface area contributed by atoms with Crippen molar-refractivity contribution in [1.82, 2.24) is 5.32 Å². The Labute approximate surface area is 95.3 Å². The number of anilines is 1. The van der Waals surface area contributed by atoms with Crippen LogP contribution < -0.4 is 10.6 Å². The van der Waals surface area contributed by atoms with E-state index in [4.69, 9.17) is 5.26 Å². The number of carbonyl (C=O) groups is 1. The summed E-state index contributed by atoms with van der Waals surface area (Å²) in [5.41, 5.74) is 2.19. The van der Waals surface area contributed by atoms with E-state index in [9.17, 15) is 4.79 Å². The van der Waals surface area contributed by atoms with Gasteiger partial charge in [-0.1, -0.05) is 13.0 Å². The Morgan fingerprint density at radius 3 is 2.88 bits per heavy atom. The molecule has 0 bridgehead atoms. The van der Waals surface area contributed by atoms with E-state index in [0.29, 0.717) is 11.3 Å². The fourth-order valence-corrected chi connectivity index (χ4v) is 1.26. The molecule has 0 aromatic heterocycles. The number of rotatable bonds is 4. The predicted molar refractivity (Wildman–Crippen MR) is 63.1 cm³/mol. The molecule has 2 N–H and O–H groups in total. The second-order valence-electron chi connectivity index (χ2n) is 3.47. The summed E-state index contributed by atoms with van der Waals surface area (Å²) < 4.78 is 0. The van der Waals surface area contributed by atoms with E-state index in [-0.39, 0.29) is 12.5 Å². The van der Waals surface area contributed by atoms with Crippen LogP contribution in [0.3, 0.4) is 0 Å². The lowest BCUT2D eigenvalue weighted by atomic mass is 10.1. The van der Waals surface area contributed by atoms with E-state index >= 15 is 0 Å². The van der Waals surface area contributed by atoms with Crippen molar-refractivity contribution < 1.29 is 4.79 Å². The van der Waals surface area contributed by atoms with E-state index in [2.05, 4.69) is 10.6 Å². The van der Waals surface area contributed by atoms with Gasteiger partial charge >= 0.3 is 0 Å². The normalized spacial score (nSPS) is 9.56. The van der Waals surface area contributed by atoms with Crippen LogP contribution in [0.15, 0.2) is 18.2 Å². The van der Waals surface area contributed by atoms with Crippen molar-refractivity contribution in [3.05, 3.63) is 29.3 Å². The van der Waals surface area contributed by atoms with Crippen LogP contribution in [0.2, 0.25) is 0 Å². The lowest BCUT2D eigenvalue weighted by Crippen LogP contribution is -2.28. The van der Waals surface area contributed by atoms with Crippen molar-refractivity contribution in [2.45, 2.75) is 13.8 Å². The first-order valence-corrected chi connectivity index (χ1v) is 5.18. The molecule has 0 spiro atoms. The molecule has 0 aliphatic carbocycles. The number of amides is 1. The van der Waals surface area contributed by atoms with Crippen LogP contribution in [0.25, 0.3) is 0 Å². The number of aryl methyl sites for hydroxylation is 1.